The molecule has 0 atom stereocenters. The molecule has 31 heavy (non-hydrogen) atoms. The third kappa shape index (κ3) is 3.58. The average molecular weight is 423 g/mol. The van der Waals surface area contributed by atoms with Crippen molar-refractivity contribution in [2.24, 2.45) is 0 Å². The third-order valence-electron chi connectivity index (χ3n) is 6.45. The summed E-state index contributed by atoms with van der Waals surface area (Å²) in [4.78, 5) is 28.2. The van der Waals surface area contributed by atoms with Crippen LogP contribution in [0.4, 0.5) is 4.39 Å². The molecule has 6 nitrogen and oxygen atoms in total. The van der Waals surface area contributed by atoms with E-state index in [1.54, 1.807) is 4.68 Å². The van der Waals surface area contributed by atoms with E-state index in [4.69, 9.17) is 0 Å². The van der Waals surface area contributed by atoms with Gasteiger partial charge in [-0.2, -0.15) is 5.10 Å². The molecule has 2 N–H and O–H groups in total. The number of hydrogen-bond donors (Lipinski definition) is 2. The normalized spacial score (nSPS) is 15.7. The highest BCUT2D eigenvalue weighted by atomic mass is 19.1. The predicted octanol–water partition coefficient (Wildman–Crippen LogP) is 4.05. The topological polar surface area (TPSA) is 79.8 Å². The van der Waals surface area contributed by atoms with E-state index in [1.165, 1.54) is 12.3 Å². The smallest absolute Gasteiger partial charge is 0.252 e. The molecule has 0 bridgehead atoms. The Morgan fingerprint density at radius 2 is 1.97 bits per heavy atom. The van der Waals surface area contributed by atoms with Gasteiger partial charge in [0.1, 0.15) is 5.82 Å². The molecule has 2 aromatic heterocycles. The molecule has 1 saturated heterocycles. The summed E-state index contributed by atoms with van der Waals surface area (Å²) in [5.74, 6) is -0.429. The van der Waals surface area contributed by atoms with Crippen LogP contribution in [0.5, 0.6) is 0 Å². The van der Waals surface area contributed by atoms with Gasteiger partial charge in [-0.15, -0.1) is 0 Å². The van der Waals surface area contributed by atoms with E-state index in [0.29, 0.717) is 60.1 Å². The number of amides is 1. The van der Waals surface area contributed by atoms with E-state index < -0.39 is 5.41 Å². The second-order valence-electron chi connectivity index (χ2n) is 8.00. The fraction of sp³-hybridized carbons (Fsp3) is 0.375. The quantitative estimate of drug-likeness (QED) is 0.588. The summed E-state index contributed by atoms with van der Waals surface area (Å²) in [6.07, 6.45) is 5.54. The van der Waals surface area contributed by atoms with E-state index in [1.807, 2.05) is 45.0 Å². The highest BCUT2D eigenvalue weighted by Crippen LogP contribution is 2.34. The van der Waals surface area contributed by atoms with E-state index in [2.05, 4.69) is 15.4 Å². The van der Waals surface area contributed by atoms with Crippen molar-refractivity contribution in [3.05, 3.63) is 63.8 Å². The second kappa shape index (κ2) is 8.13. The fourth-order valence-corrected chi connectivity index (χ4v) is 4.50. The molecule has 4 rings (SSSR count). The molecule has 1 fully saturated rings. The number of allylic oxidation sites excluding steroid dienone is 1. The van der Waals surface area contributed by atoms with Crippen molar-refractivity contribution in [2.75, 3.05) is 6.54 Å². The Hall–Kier alpha value is -3.22. The molecule has 162 valence electrons. The molecule has 1 aliphatic rings. The number of nitrogens with zero attached hydrogens (tertiary/aromatic N) is 2. The summed E-state index contributed by atoms with van der Waals surface area (Å²) in [6, 6.07) is 6.89. The zero-order valence-corrected chi connectivity index (χ0v) is 18.1. The van der Waals surface area contributed by atoms with Gasteiger partial charge in [0.25, 0.3) is 5.56 Å². The van der Waals surface area contributed by atoms with Crippen LogP contribution in [0, 0.1) is 5.82 Å². The Morgan fingerprint density at radius 1 is 1.19 bits per heavy atom. The zero-order valence-electron chi connectivity index (χ0n) is 18.1. The van der Waals surface area contributed by atoms with Crippen molar-refractivity contribution < 1.29 is 9.18 Å². The first-order chi connectivity index (χ1) is 14.9. The Balaban J connectivity index is 1.80. The Morgan fingerprint density at radius 3 is 2.58 bits per heavy atom. The van der Waals surface area contributed by atoms with Crippen LogP contribution < -0.4 is 10.9 Å². The van der Waals surface area contributed by atoms with Gasteiger partial charge in [0.05, 0.1) is 17.1 Å². The molecule has 1 aromatic carbocycles. The van der Waals surface area contributed by atoms with Gasteiger partial charge in [-0.3, -0.25) is 14.3 Å². The second-order valence-corrected chi connectivity index (χ2v) is 8.00. The van der Waals surface area contributed by atoms with Crippen LogP contribution in [0.15, 0.2) is 46.9 Å². The maximum absolute atomic E-state index is 14.6. The minimum atomic E-state index is -0.529. The first-order valence-electron chi connectivity index (χ1n) is 10.8. The van der Waals surface area contributed by atoms with Crippen LogP contribution in [0.1, 0.15) is 45.6 Å². The number of hydrogen-bond acceptors (Lipinski definition) is 3. The number of aromatic amines is 1. The number of benzene rings is 1. The van der Waals surface area contributed by atoms with Crippen LogP contribution >= 0.6 is 0 Å². The first kappa shape index (κ1) is 21.0. The van der Waals surface area contributed by atoms with Gasteiger partial charge in [-0.05, 0) is 44.4 Å². The van der Waals surface area contributed by atoms with Crippen molar-refractivity contribution in [3.63, 3.8) is 0 Å². The number of aromatic nitrogens is 3. The van der Waals surface area contributed by atoms with Gasteiger partial charge in [0.2, 0.25) is 5.91 Å². The highest BCUT2D eigenvalue weighted by molar-refractivity contribution is 5.95. The van der Waals surface area contributed by atoms with Crippen LogP contribution in [-0.4, -0.2) is 27.2 Å². The van der Waals surface area contributed by atoms with Crippen LogP contribution in [0.25, 0.3) is 22.2 Å². The summed E-state index contributed by atoms with van der Waals surface area (Å²) in [5.41, 5.74) is 2.43. The highest BCUT2D eigenvalue weighted by Gasteiger charge is 2.31. The minimum Gasteiger partial charge on any atom is -0.352 e. The number of carbonyl (C=O) groups is 1. The number of aryl methyl sites for hydroxylation is 1. The van der Waals surface area contributed by atoms with Crippen molar-refractivity contribution >= 4 is 16.8 Å². The molecule has 0 unspecified atom stereocenters. The van der Waals surface area contributed by atoms with E-state index in [-0.39, 0.29) is 17.3 Å². The van der Waals surface area contributed by atoms with Gasteiger partial charge in [-0.25, -0.2) is 4.39 Å². The summed E-state index contributed by atoms with van der Waals surface area (Å²) < 4.78 is 16.4. The molecule has 3 heterocycles. The van der Waals surface area contributed by atoms with Gasteiger partial charge in [-0.1, -0.05) is 26.0 Å². The maximum atomic E-state index is 14.6. The lowest BCUT2D eigenvalue weighted by atomic mass is 9.74. The average Bonchev–Trinajstić information content (AvgIpc) is 3.38. The van der Waals surface area contributed by atoms with E-state index >= 15 is 0 Å². The molecule has 3 aromatic rings. The molecule has 1 amide bonds. The molecule has 1 aliphatic heterocycles. The van der Waals surface area contributed by atoms with Gasteiger partial charge >= 0.3 is 0 Å². The number of fused-ring (bicyclic) bond motifs is 1. The monoisotopic (exact) mass is 422 g/mol. The summed E-state index contributed by atoms with van der Waals surface area (Å²) in [6.45, 7) is 7.25. The van der Waals surface area contributed by atoms with Gasteiger partial charge < -0.3 is 10.3 Å². The van der Waals surface area contributed by atoms with Gasteiger partial charge in [0.15, 0.2) is 0 Å². The van der Waals surface area contributed by atoms with Gasteiger partial charge in [0, 0.05) is 40.9 Å². The van der Waals surface area contributed by atoms with Crippen molar-refractivity contribution in [2.45, 2.75) is 52.0 Å². The molecule has 0 aliphatic carbocycles. The standard InChI is InChI=1S/C24H27FN4O2/c1-4-24(5-2,13-15-9-10-26-22(15)30)18-7-8-20(28-23(18)31)16-11-19(25)17-14-27-29(6-3)21(17)12-16/h7-8,11-14H,4-6,9-10H2,1-3H3,(H,26,30)(H,28,31). The molecule has 7 heteroatoms. The lowest BCUT2D eigenvalue weighted by Gasteiger charge is -2.28. The number of rotatable bonds is 6. The van der Waals surface area contributed by atoms with Crippen molar-refractivity contribution in [3.8, 4) is 11.3 Å². The largest absolute Gasteiger partial charge is 0.352 e. The fourth-order valence-electron chi connectivity index (χ4n) is 4.50. The van der Waals surface area contributed by atoms with Crippen LogP contribution in [-0.2, 0) is 16.8 Å². The number of halogens is 1. The van der Waals surface area contributed by atoms with Crippen LogP contribution in [0.2, 0.25) is 0 Å². The Kier molecular flexibility index (Phi) is 5.52. The molecule has 0 radical (unpaired) electrons. The SMILES string of the molecule is CCn1ncc2c(F)cc(-c3ccc(C(C=C4CCNC4=O)(CC)CC)c(=O)[nH]3)cc21. The lowest BCUT2D eigenvalue weighted by Crippen LogP contribution is -2.31. The predicted molar refractivity (Wildman–Crippen MR) is 119 cm³/mol. The molecule has 0 saturated carbocycles. The minimum absolute atomic E-state index is 0.0596. The number of pyridine rings is 1. The molecule has 0 spiro atoms. The molecular weight excluding hydrogens is 395 g/mol. The number of nitrogens with one attached hydrogen (secondary N) is 2. The van der Waals surface area contributed by atoms with Crippen molar-refractivity contribution in [1.29, 1.82) is 0 Å². The lowest BCUT2D eigenvalue weighted by molar-refractivity contribution is -0.116. The first-order valence-corrected chi connectivity index (χ1v) is 10.8. The van der Waals surface area contributed by atoms with Crippen molar-refractivity contribution in [1.82, 2.24) is 20.1 Å². The molecular formula is C24H27FN4O2. The maximum Gasteiger partial charge on any atom is 0.252 e. The Labute approximate surface area is 180 Å². The summed E-state index contributed by atoms with van der Waals surface area (Å²) in [7, 11) is 0. The Bertz CT molecular complexity index is 1230. The zero-order chi connectivity index (χ0) is 22.2. The summed E-state index contributed by atoms with van der Waals surface area (Å²) in [5, 5.41) is 7.50. The van der Waals surface area contributed by atoms with Crippen LogP contribution in [0.3, 0.4) is 0 Å². The summed E-state index contributed by atoms with van der Waals surface area (Å²) >= 11 is 0. The number of carbonyl (C=O) groups excluding carboxylic acids is 1. The van der Waals surface area contributed by atoms with E-state index in [0.717, 1.165) is 5.57 Å². The third-order valence-corrected chi connectivity index (χ3v) is 6.45. The van der Waals surface area contributed by atoms with E-state index in [9.17, 15) is 14.0 Å². The number of H-pyrrole nitrogens is 1.